The molecule has 16 heavy (non-hydrogen) atoms. The van der Waals surface area contributed by atoms with Crippen molar-refractivity contribution >= 4 is 27.5 Å². The number of furan rings is 1. The predicted octanol–water partition coefficient (Wildman–Crippen LogP) is 3.64. The highest BCUT2D eigenvalue weighted by Gasteiger charge is 2.20. The fourth-order valence-corrected chi connectivity index (χ4v) is 2.60. The van der Waals surface area contributed by atoms with Gasteiger partial charge in [0, 0.05) is 11.3 Å². The number of fused-ring (bicyclic) bond motifs is 1. The van der Waals surface area contributed by atoms with E-state index in [1.165, 1.54) is 0 Å². The van der Waals surface area contributed by atoms with E-state index in [0.29, 0.717) is 16.7 Å². The molecule has 0 atom stereocenters. The van der Waals surface area contributed by atoms with Crippen molar-refractivity contribution in [1.29, 1.82) is 0 Å². The molecule has 2 heterocycles. The van der Waals surface area contributed by atoms with Crippen LogP contribution in [0, 0.1) is 0 Å². The first-order valence-corrected chi connectivity index (χ1v) is 6.21. The minimum Gasteiger partial charge on any atom is -0.460 e. The molecule has 5 heteroatoms. The topological polar surface area (TPSA) is 38.9 Å². The molecule has 0 radical (unpaired) electrons. The number of hydrogen-bond acceptors (Lipinski definition) is 3. The van der Waals surface area contributed by atoms with E-state index >= 15 is 0 Å². The van der Waals surface area contributed by atoms with Crippen molar-refractivity contribution in [3.05, 3.63) is 33.2 Å². The van der Waals surface area contributed by atoms with Crippen LogP contribution in [0.3, 0.4) is 0 Å². The summed E-state index contributed by atoms with van der Waals surface area (Å²) in [4.78, 5) is 8.78. The molecule has 0 aromatic carbocycles. The lowest BCUT2D eigenvalue weighted by Crippen LogP contribution is -1.96. The Balaban J connectivity index is 2.17. The second-order valence-corrected chi connectivity index (χ2v) is 4.93. The molecule has 0 fully saturated rings. The third-order valence-electron chi connectivity index (χ3n) is 2.70. The lowest BCUT2D eigenvalue weighted by Gasteiger charge is -2.03. The van der Waals surface area contributed by atoms with Crippen LogP contribution < -0.4 is 0 Å². The fraction of sp³-hybridized carbons (Fsp3) is 0.273. The van der Waals surface area contributed by atoms with Gasteiger partial charge in [-0.1, -0.05) is 11.6 Å². The van der Waals surface area contributed by atoms with Gasteiger partial charge in [-0.2, -0.15) is 0 Å². The summed E-state index contributed by atoms with van der Waals surface area (Å²) in [6.45, 7) is 0. The van der Waals surface area contributed by atoms with Gasteiger partial charge in [0.15, 0.2) is 11.6 Å². The van der Waals surface area contributed by atoms with Gasteiger partial charge in [0.25, 0.3) is 0 Å². The molecule has 0 spiro atoms. The molecule has 2 aromatic heterocycles. The second kappa shape index (κ2) is 3.86. The molecule has 0 bridgehead atoms. The van der Waals surface area contributed by atoms with Crippen molar-refractivity contribution in [2.75, 3.05) is 0 Å². The van der Waals surface area contributed by atoms with Gasteiger partial charge < -0.3 is 4.42 Å². The lowest BCUT2D eigenvalue weighted by atomic mass is 10.2. The van der Waals surface area contributed by atoms with Crippen LogP contribution in [0.1, 0.15) is 17.7 Å². The zero-order chi connectivity index (χ0) is 11.1. The molecular weight excluding hydrogens is 291 g/mol. The standard InChI is InChI=1S/C11H8BrClN2O/c12-7-4-5-16-9(7)11-14-8-3-1-2-6(8)10(13)15-11/h4-5H,1-3H2. The van der Waals surface area contributed by atoms with Gasteiger partial charge >= 0.3 is 0 Å². The van der Waals surface area contributed by atoms with Gasteiger partial charge in [-0.05, 0) is 41.3 Å². The van der Waals surface area contributed by atoms with E-state index < -0.39 is 0 Å². The number of rotatable bonds is 1. The van der Waals surface area contributed by atoms with Crippen LogP contribution >= 0.6 is 27.5 Å². The first-order chi connectivity index (χ1) is 7.75. The average molecular weight is 300 g/mol. The Morgan fingerprint density at radius 3 is 2.94 bits per heavy atom. The average Bonchev–Trinajstić information content (AvgIpc) is 2.85. The van der Waals surface area contributed by atoms with Crippen molar-refractivity contribution < 1.29 is 4.42 Å². The maximum atomic E-state index is 6.14. The van der Waals surface area contributed by atoms with Gasteiger partial charge in [0.05, 0.1) is 10.7 Å². The van der Waals surface area contributed by atoms with E-state index in [0.717, 1.165) is 35.0 Å². The first kappa shape index (κ1) is 10.3. The molecule has 3 rings (SSSR count). The van der Waals surface area contributed by atoms with E-state index in [-0.39, 0.29) is 0 Å². The number of hydrogen-bond donors (Lipinski definition) is 0. The zero-order valence-electron chi connectivity index (χ0n) is 8.33. The molecular formula is C11H8BrClN2O. The van der Waals surface area contributed by atoms with Crippen LogP contribution in [-0.2, 0) is 12.8 Å². The van der Waals surface area contributed by atoms with E-state index in [4.69, 9.17) is 16.0 Å². The van der Waals surface area contributed by atoms with Crippen LogP contribution in [-0.4, -0.2) is 9.97 Å². The molecule has 82 valence electrons. The highest BCUT2D eigenvalue weighted by Crippen LogP contribution is 2.32. The molecule has 2 aromatic rings. The summed E-state index contributed by atoms with van der Waals surface area (Å²) in [5.41, 5.74) is 2.14. The van der Waals surface area contributed by atoms with Crippen molar-refractivity contribution in [3.63, 3.8) is 0 Å². The van der Waals surface area contributed by atoms with E-state index in [1.807, 2.05) is 6.07 Å². The summed E-state index contributed by atoms with van der Waals surface area (Å²) in [5.74, 6) is 1.19. The molecule has 0 amide bonds. The Morgan fingerprint density at radius 2 is 2.19 bits per heavy atom. The van der Waals surface area contributed by atoms with Crippen molar-refractivity contribution in [2.45, 2.75) is 19.3 Å². The Bertz CT molecular complexity index is 553. The summed E-state index contributed by atoms with van der Waals surface area (Å²) in [6, 6.07) is 1.82. The zero-order valence-corrected chi connectivity index (χ0v) is 10.7. The molecule has 1 aliphatic carbocycles. The predicted molar refractivity (Wildman–Crippen MR) is 64.5 cm³/mol. The molecule has 0 saturated heterocycles. The highest BCUT2D eigenvalue weighted by atomic mass is 79.9. The summed E-state index contributed by atoms with van der Waals surface area (Å²) < 4.78 is 6.18. The summed E-state index contributed by atoms with van der Waals surface area (Å²) in [5, 5.41) is 0.556. The Labute approximate surface area is 106 Å². The van der Waals surface area contributed by atoms with Crippen LogP contribution in [0.2, 0.25) is 5.15 Å². The van der Waals surface area contributed by atoms with Gasteiger partial charge in [0.1, 0.15) is 5.15 Å². The number of aryl methyl sites for hydroxylation is 1. The van der Waals surface area contributed by atoms with Crippen molar-refractivity contribution in [3.8, 4) is 11.6 Å². The van der Waals surface area contributed by atoms with E-state index in [9.17, 15) is 0 Å². The summed E-state index contributed by atoms with van der Waals surface area (Å²) in [6.07, 6.45) is 4.66. The maximum absolute atomic E-state index is 6.14. The third kappa shape index (κ3) is 1.57. The number of nitrogens with zero attached hydrogens (tertiary/aromatic N) is 2. The van der Waals surface area contributed by atoms with Gasteiger partial charge in [-0.15, -0.1) is 0 Å². The van der Waals surface area contributed by atoms with Crippen LogP contribution in [0.5, 0.6) is 0 Å². The third-order valence-corrected chi connectivity index (χ3v) is 3.64. The Hall–Kier alpha value is -0.870. The van der Waals surface area contributed by atoms with Crippen molar-refractivity contribution in [2.24, 2.45) is 0 Å². The number of aromatic nitrogens is 2. The fourth-order valence-electron chi connectivity index (χ4n) is 1.94. The van der Waals surface area contributed by atoms with E-state index in [1.54, 1.807) is 6.26 Å². The minimum absolute atomic E-state index is 0.556. The quantitative estimate of drug-likeness (QED) is 0.755. The van der Waals surface area contributed by atoms with Crippen LogP contribution in [0.4, 0.5) is 0 Å². The van der Waals surface area contributed by atoms with E-state index in [2.05, 4.69) is 25.9 Å². The first-order valence-electron chi connectivity index (χ1n) is 5.04. The molecule has 0 saturated carbocycles. The molecule has 3 nitrogen and oxygen atoms in total. The smallest absolute Gasteiger partial charge is 0.198 e. The van der Waals surface area contributed by atoms with Crippen molar-refractivity contribution in [1.82, 2.24) is 9.97 Å². The Morgan fingerprint density at radius 1 is 1.31 bits per heavy atom. The largest absolute Gasteiger partial charge is 0.460 e. The molecule has 0 N–H and O–H groups in total. The van der Waals surface area contributed by atoms with Crippen LogP contribution in [0.15, 0.2) is 21.2 Å². The van der Waals surface area contributed by atoms with Crippen LogP contribution in [0.25, 0.3) is 11.6 Å². The molecule has 0 unspecified atom stereocenters. The van der Waals surface area contributed by atoms with Gasteiger partial charge in [-0.25, -0.2) is 9.97 Å². The Kier molecular flexibility index (Phi) is 2.48. The van der Waals surface area contributed by atoms with Gasteiger partial charge in [0.2, 0.25) is 0 Å². The SMILES string of the molecule is Clc1nc(-c2occc2Br)nc2c1CCC2. The number of halogens is 2. The molecule has 0 aliphatic heterocycles. The monoisotopic (exact) mass is 298 g/mol. The normalized spacial score (nSPS) is 14.1. The molecule has 1 aliphatic rings. The summed E-state index contributed by atoms with van der Waals surface area (Å²) in [7, 11) is 0. The lowest BCUT2D eigenvalue weighted by molar-refractivity contribution is 0.575. The summed E-state index contributed by atoms with van der Waals surface area (Å²) >= 11 is 9.53. The van der Waals surface area contributed by atoms with Gasteiger partial charge in [-0.3, -0.25) is 0 Å². The maximum Gasteiger partial charge on any atom is 0.198 e. The minimum atomic E-state index is 0.556. The highest BCUT2D eigenvalue weighted by molar-refractivity contribution is 9.10. The second-order valence-electron chi connectivity index (χ2n) is 3.71.